The Labute approximate surface area is 184 Å². The molecule has 1 aromatic carbocycles. The lowest BCUT2D eigenvalue weighted by Crippen LogP contribution is -2.44. The molecule has 1 aromatic rings. The molecule has 2 aliphatic heterocycles. The number of guanidine groups is 1. The first-order valence-corrected chi connectivity index (χ1v) is 9.98. The molecule has 1 amide bonds. The first kappa shape index (κ1) is 22.7. The number of ether oxygens (including phenoxy) is 1. The van der Waals surface area contributed by atoms with Crippen LogP contribution in [0, 0.1) is 0 Å². The molecule has 0 atom stereocenters. The van der Waals surface area contributed by atoms with E-state index in [1.165, 1.54) is 5.69 Å². The van der Waals surface area contributed by atoms with E-state index in [0.29, 0.717) is 19.0 Å². The fourth-order valence-electron chi connectivity index (χ4n) is 3.38. The van der Waals surface area contributed by atoms with Gasteiger partial charge in [-0.15, -0.1) is 24.0 Å². The Morgan fingerprint density at radius 2 is 1.75 bits per heavy atom. The Bertz CT molecular complexity index is 626. The van der Waals surface area contributed by atoms with E-state index in [1.54, 1.807) is 0 Å². The highest BCUT2D eigenvalue weighted by Crippen LogP contribution is 2.17. The minimum Gasteiger partial charge on any atom is -0.378 e. The van der Waals surface area contributed by atoms with Gasteiger partial charge < -0.3 is 25.2 Å². The van der Waals surface area contributed by atoms with Gasteiger partial charge >= 0.3 is 0 Å². The second-order valence-electron chi connectivity index (χ2n) is 6.90. The van der Waals surface area contributed by atoms with E-state index in [1.807, 2.05) is 11.8 Å². The highest BCUT2D eigenvalue weighted by Gasteiger charge is 2.17. The van der Waals surface area contributed by atoms with Gasteiger partial charge in [-0.1, -0.05) is 12.1 Å². The summed E-state index contributed by atoms with van der Waals surface area (Å²) in [6.07, 6.45) is 2.22. The van der Waals surface area contributed by atoms with E-state index < -0.39 is 0 Å². The highest BCUT2D eigenvalue weighted by atomic mass is 127. The van der Waals surface area contributed by atoms with Gasteiger partial charge in [-0.05, 0) is 37.5 Å². The first-order chi connectivity index (χ1) is 13.3. The zero-order chi connectivity index (χ0) is 18.9. The van der Waals surface area contributed by atoms with Crippen molar-refractivity contribution >= 4 is 41.5 Å². The Kier molecular flexibility index (Phi) is 9.83. The number of rotatable bonds is 6. The topological polar surface area (TPSA) is 69.2 Å². The summed E-state index contributed by atoms with van der Waals surface area (Å²) < 4.78 is 5.40. The van der Waals surface area contributed by atoms with Crippen LogP contribution in [0.1, 0.15) is 25.3 Å². The van der Waals surface area contributed by atoms with Crippen molar-refractivity contribution in [1.82, 2.24) is 15.5 Å². The maximum Gasteiger partial charge on any atom is 0.241 e. The van der Waals surface area contributed by atoms with Gasteiger partial charge in [0.15, 0.2) is 5.96 Å². The van der Waals surface area contributed by atoms with Gasteiger partial charge in [0.05, 0.1) is 26.3 Å². The number of nitrogens with one attached hydrogen (secondary N) is 2. The highest BCUT2D eigenvalue weighted by molar-refractivity contribution is 14.0. The number of halogens is 1. The van der Waals surface area contributed by atoms with Crippen molar-refractivity contribution in [3.63, 3.8) is 0 Å². The second kappa shape index (κ2) is 12.1. The van der Waals surface area contributed by atoms with Gasteiger partial charge in [0.2, 0.25) is 5.91 Å². The summed E-state index contributed by atoms with van der Waals surface area (Å²) in [6.45, 7) is 8.88. The Morgan fingerprint density at radius 3 is 2.39 bits per heavy atom. The van der Waals surface area contributed by atoms with E-state index >= 15 is 0 Å². The van der Waals surface area contributed by atoms with E-state index in [2.05, 4.69) is 44.8 Å². The van der Waals surface area contributed by atoms with Crippen LogP contribution < -0.4 is 15.5 Å². The van der Waals surface area contributed by atoms with E-state index in [9.17, 15) is 4.79 Å². The van der Waals surface area contributed by atoms with Crippen LogP contribution in [0.5, 0.6) is 0 Å². The van der Waals surface area contributed by atoms with Crippen LogP contribution in [0.3, 0.4) is 0 Å². The number of carbonyl (C=O) groups is 1. The van der Waals surface area contributed by atoms with Crippen LogP contribution in [-0.2, 0) is 16.1 Å². The van der Waals surface area contributed by atoms with E-state index in [-0.39, 0.29) is 29.9 Å². The minimum atomic E-state index is 0. The van der Waals surface area contributed by atoms with Crippen molar-refractivity contribution in [3.8, 4) is 0 Å². The second-order valence-corrected chi connectivity index (χ2v) is 6.90. The summed E-state index contributed by atoms with van der Waals surface area (Å²) in [5.41, 5.74) is 2.38. The smallest absolute Gasteiger partial charge is 0.241 e. The molecule has 2 heterocycles. The predicted molar refractivity (Wildman–Crippen MR) is 124 cm³/mol. The monoisotopic (exact) mass is 501 g/mol. The number of hydrogen-bond donors (Lipinski definition) is 2. The molecular formula is C20H32IN5O2. The molecule has 0 saturated carbocycles. The average Bonchev–Trinajstić information content (AvgIpc) is 3.26. The summed E-state index contributed by atoms with van der Waals surface area (Å²) in [5.74, 6) is 0.829. The lowest BCUT2D eigenvalue weighted by Gasteiger charge is -2.28. The molecule has 8 heteroatoms. The largest absolute Gasteiger partial charge is 0.378 e. The normalized spacial score (nSPS) is 17.2. The predicted octanol–water partition coefficient (Wildman–Crippen LogP) is 1.82. The molecular weight excluding hydrogens is 469 g/mol. The summed E-state index contributed by atoms with van der Waals surface area (Å²) in [7, 11) is 0. The molecule has 2 N–H and O–H groups in total. The van der Waals surface area contributed by atoms with Crippen molar-refractivity contribution < 1.29 is 9.53 Å². The maximum atomic E-state index is 12.2. The Balaban J connectivity index is 0.00000280. The molecule has 0 aromatic heterocycles. The average molecular weight is 501 g/mol. The number of likely N-dealkylation sites (tertiary alicyclic amines) is 1. The molecule has 2 saturated heterocycles. The number of hydrogen-bond acceptors (Lipinski definition) is 4. The molecule has 3 rings (SSSR count). The number of benzene rings is 1. The molecule has 28 heavy (non-hydrogen) atoms. The van der Waals surface area contributed by atoms with Gasteiger partial charge in [-0.25, -0.2) is 4.99 Å². The van der Waals surface area contributed by atoms with Gasteiger partial charge in [-0.2, -0.15) is 0 Å². The summed E-state index contributed by atoms with van der Waals surface area (Å²) in [6, 6.07) is 8.53. The van der Waals surface area contributed by atoms with Crippen molar-refractivity contribution in [1.29, 1.82) is 0 Å². The van der Waals surface area contributed by atoms with E-state index in [0.717, 1.165) is 64.3 Å². The molecule has 156 valence electrons. The van der Waals surface area contributed by atoms with Gasteiger partial charge in [0, 0.05) is 38.4 Å². The van der Waals surface area contributed by atoms with E-state index in [4.69, 9.17) is 4.74 Å². The Hall–Kier alpha value is -1.55. The lowest BCUT2D eigenvalue weighted by molar-refractivity contribution is -0.128. The van der Waals surface area contributed by atoms with Crippen molar-refractivity contribution in [2.24, 2.45) is 4.99 Å². The minimum absolute atomic E-state index is 0. The third-order valence-corrected chi connectivity index (χ3v) is 4.94. The third kappa shape index (κ3) is 6.80. The molecule has 0 spiro atoms. The maximum absolute atomic E-state index is 12.2. The first-order valence-electron chi connectivity index (χ1n) is 9.98. The van der Waals surface area contributed by atoms with Crippen molar-refractivity contribution in [2.75, 3.05) is 57.4 Å². The van der Waals surface area contributed by atoms with Crippen LogP contribution in [0.2, 0.25) is 0 Å². The number of amides is 1. The number of carbonyl (C=O) groups excluding carboxylic acids is 1. The summed E-state index contributed by atoms with van der Waals surface area (Å²) in [4.78, 5) is 21.1. The quantitative estimate of drug-likeness (QED) is 0.354. The van der Waals surface area contributed by atoms with Crippen LogP contribution in [0.25, 0.3) is 0 Å². The lowest BCUT2D eigenvalue weighted by atomic mass is 10.2. The van der Waals surface area contributed by atoms with Crippen LogP contribution in [-0.4, -0.2) is 69.2 Å². The zero-order valence-electron chi connectivity index (χ0n) is 16.7. The summed E-state index contributed by atoms with van der Waals surface area (Å²) in [5, 5.41) is 6.36. The molecule has 0 bridgehead atoms. The molecule has 0 aliphatic carbocycles. The third-order valence-electron chi connectivity index (χ3n) is 4.94. The van der Waals surface area contributed by atoms with Crippen LogP contribution in [0.15, 0.2) is 29.3 Å². The van der Waals surface area contributed by atoms with Gasteiger partial charge in [-0.3, -0.25) is 4.79 Å². The molecule has 7 nitrogen and oxygen atoms in total. The number of aliphatic imine (C=N–C) groups is 1. The Morgan fingerprint density at radius 1 is 1.07 bits per heavy atom. The fraction of sp³-hybridized carbons (Fsp3) is 0.600. The fourth-order valence-corrected chi connectivity index (χ4v) is 3.38. The van der Waals surface area contributed by atoms with Crippen molar-refractivity contribution in [3.05, 3.63) is 29.8 Å². The van der Waals surface area contributed by atoms with Gasteiger partial charge in [0.1, 0.15) is 0 Å². The number of morpholine rings is 1. The SMILES string of the molecule is CCNC(=NCc1ccc(N2CCOCC2)cc1)NCC(=O)N1CCCC1.I. The number of anilines is 1. The molecule has 0 radical (unpaired) electrons. The zero-order valence-corrected chi connectivity index (χ0v) is 19.0. The standard InChI is InChI=1S/C20H31N5O2.HI/c1-2-21-20(23-16-19(26)25-9-3-4-10-25)22-15-17-5-7-18(8-6-17)24-11-13-27-14-12-24;/h5-8H,2-4,9-16H2,1H3,(H2,21,22,23);1H. The summed E-state index contributed by atoms with van der Waals surface area (Å²) >= 11 is 0. The van der Waals surface area contributed by atoms with Crippen molar-refractivity contribution in [2.45, 2.75) is 26.3 Å². The van der Waals surface area contributed by atoms with Gasteiger partial charge in [0.25, 0.3) is 0 Å². The molecule has 2 aliphatic rings. The van der Waals surface area contributed by atoms with Crippen LogP contribution >= 0.6 is 24.0 Å². The number of nitrogens with zero attached hydrogens (tertiary/aromatic N) is 3. The molecule has 0 unspecified atom stereocenters. The molecule has 2 fully saturated rings. The van der Waals surface area contributed by atoms with Crippen LogP contribution in [0.4, 0.5) is 5.69 Å².